The smallest absolute Gasteiger partial charge is 0.263 e. The van der Waals surface area contributed by atoms with Crippen LogP contribution >= 0.6 is 11.3 Å². The van der Waals surface area contributed by atoms with Crippen molar-refractivity contribution in [1.29, 1.82) is 0 Å². The zero-order valence-corrected chi connectivity index (χ0v) is 13.9. The van der Waals surface area contributed by atoms with Crippen LogP contribution in [0, 0.1) is 6.92 Å². The van der Waals surface area contributed by atoms with Crippen molar-refractivity contribution in [2.24, 2.45) is 7.05 Å². The molecule has 2 aromatic rings. The Bertz CT molecular complexity index is 643. The van der Waals surface area contributed by atoms with Gasteiger partial charge in [0.15, 0.2) is 0 Å². The fraction of sp³-hybridized carbons (Fsp3) is 0.571. The summed E-state index contributed by atoms with van der Waals surface area (Å²) in [5.74, 6) is -0.0852. The molecule has 0 unspecified atom stereocenters. The van der Waals surface area contributed by atoms with Crippen molar-refractivity contribution in [3.05, 3.63) is 10.6 Å². The van der Waals surface area contributed by atoms with Crippen molar-refractivity contribution < 1.29 is 4.79 Å². The molecule has 6 nitrogen and oxygen atoms in total. The summed E-state index contributed by atoms with van der Waals surface area (Å²) in [5, 5.41) is 8.17. The summed E-state index contributed by atoms with van der Waals surface area (Å²) >= 11 is 1.40. The number of aromatic nitrogens is 2. The summed E-state index contributed by atoms with van der Waals surface area (Å²) in [4.78, 5) is 15.9. The number of aryl methyl sites for hydroxylation is 2. The average molecular weight is 309 g/mol. The second kappa shape index (κ2) is 6.44. The van der Waals surface area contributed by atoms with Crippen LogP contribution in [0.4, 0.5) is 5.69 Å². The highest BCUT2D eigenvalue weighted by atomic mass is 32.1. The van der Waals surface area contributed by atoms with Gasteiger partial charge >= 0.3 is 0 Å². The van der Waals surface area contributed by atoms with Crippen LogP contribution < -0.4 is 11.1 Å². The Morgan fingerprint density at radius 1 is 1.43 bits per heavy atom. The van der Waals surface area contributed by atoms with Crippen LogP contribution in [0.1, 0.15) is 28.2 Å². The number of thiophene rings is 1. The maximum absolute atomic E-state index is 12.2. The van der Waals surface area contributed by atoms with Gasteiger partial charge in [0.25, 0.3) is 5.91 Å². The summed E-state index contributed by atoms with van der Waals surface area (Å²) in [6.07, 6.45) is 2.04. The lowest BCUT2D eigenvalue weighted by molar-refractivity contribution is 0.0957. The third-order valence-corrected chi connectivity index (χ3v) is 4.68. The van der Waals surface area contributed by atoms with E-state index in [0.717, 1.165) is 35.3 Å². The van der Waals surface area contributed by atoms with Gasteiger partial charge in [-0.25, -0.2) is 0 Å². The van der Waals surface area contributed by atoms with E-state index < -0.39 is 0 Å². The van der Waals surface area contributed by atoms with E-state index in [1.54, 1.807) is 4.68 Å². The summed E-state index contributed by atoms with van der Waals surface area (Å²) in [7, 11) is 5.97. The molecule has 0 saturated heterocycles. The molecule has 0 radical (unpaired) electrons. The lowest BCUT2D eigenvalue weighted by Gasteiger charge is -2.09. The molecular formula is C14H23N5OS. The number of rotatable bonds is 6. The molecule has 0 spiro atoms. The lowest BCUT2D eigenvalue weighted by atomic mass is 10.2. The lowest BCUT2D eigenvalue weighted by Crippen LogP contribution is -2.25. The van der Waals surface area contributed by atoms with Gasteiger partial charge in [0.05, 0.1) is 16.8 Å². The third-order valence-electron chi connectivity index (χ3n) is 3.41. The molecule has 0 aliphatic rings. The van der Waals surface area contributed by atoms with Gasteiger partial charge in [-0.2, -0.15) is 5.10 Å². The molecule has 2 heterocycles. The number of nitrogens with two attached hydrogens (primary N) is 1. The number of nitrogens with zero attached hydrogens (tertiary/aromatic N) is 3. The van der Waals surface area contributed by atoms with Gasteiger partial charge in [0.1, 0.15) is 9.71 Å². The standard InChI is InChI=1S/C14H23N5OS/c1-9-10-11(15)12(21-14(10)19(4)17-9)13(20)16-7-5-6-8-18(2)3/h5-8,15H2,1-4H3,(H,16,20). The quantitative estimate of drug-likeness (QED) is 0.795. The van der Waals surface area contributed by atoms with Crippen LogP contribution in [0.25, 0.3) is 10.2 Å². The van der Waals surface area contributed by atoms with Crippen LogP contribution in [-0.4, -0.2) is 47.8 Å². The topological polar surface area (TPSA) is 76.2 Å². The van der Waals surface area contributed by atoms with Gasteiger partial charge in [-0.3, -0.25) is 9.48 Å². The summed E-state index contributed by atoms with van der Waals surface area (Å²) in [5.41, 5.74) is 7.53. The van der Waals surface area contributed by atoms with Crippen LogP contribution in [0.15, 0.2) is 0 Å². The Morgan fingerprint density at radius 3 is 2.76 bits per heavy atom. The van der Waals surface area contributed by atoms with E-state index in [2.05, 4.69) is 15.3 Å². The summed E-state index contributed by atoms with van der Waals surface area (Å²) in [6.45, 7) is 3.62. The van der Waals surface area contributed by atoms with E-state index in [-0.39, 0.29) is 5.91 Å². The minimum Gasteiger partial charge on any atom is -0.397 e. The SMILES string of the molecule is Cc1nn(C)c2sc(C(=O)NCCCCN(C)C)c(N)c12. The normalized spacial score (nSPS) is 11.5. The van der Waals surface area contributed by atoms with Crippen molar-refractivity contribution in [1.82, 2.24) is 20.0 Å². The van der Waals surface area contributed by atoms with Gasteiger partial charge in [-0.1, -0.05) is 0 Å². The van der Waals surface area contributed by atoms with Crippen molar-refractivity contribution in [3.63, 3.8) is 0 Å². The predicted octanol–water partition coefficient (Wildman–Crippen LogP) is 1.60. The number of anilines is 1. The number of carbonyl (C=O) groups is 1. The monoisotopic (exact) mass is 309 g/mol. The molecule has 0 aromatic carbocycles. The van der Waals surface area contributed by atoms with Crippen LogP contribution in [0.3, 0.4) is 0 Å². The maximum atomic E-state index is 12.2. The Morgan fingerprint density at radius 2 is 2.14 bits per heavy atom. The van der Waals surface area contributed by atoms with E-state index >= 15 is 0 Å². The summed E-state index contributed by atoms with van der Waals surface area (Å²) in [6, 6.07) is 0. The van der Waals surface area contributed by atoms with E-state index in [1.165, 1.54) is 11.3 Å². The molecule has 2 rings (SSSR count). The molecular weight excluding hydrogens is 286 g/mol. The van der Waals surface area contributed by atoms with Crippen LogP contribution in [0.2, 0.25) is 0 Å². The number of carbonyl (C=O) groups excluding carboxylic acids is 1. The molecule has 0 bridgehead atoms. The minimum absolute atomic E-state index is 0.0852. The zero-order valence-electron chi connectivity index (χ0n) is 13.1. The molecule has 0 saturated carbocycles. The maximum Gasteiger partial charge on any atom is 0.263 e. The first-order valence-corrected chi connectivity index (χ1v) is 7.88. The number of nitrogens with one attached hydrogen (secondary N) is 1. The van der Waals surface area contributed by atoms with Gasteiger partial charge in [-0.05, 0) is 40.4 Å². The third kappa shape index (κ3) is 3.36. The number of hydrogen-bond acceptors (Lipinski definition) is 5. The molecule has 0 aliphatic heterocycles. The van der Waals surface area contributed by atoms with E-state index in [9.17, 15) is 4.79 Å². The first-order chi connectivity index (χ1) is 9.91. The number of hydrogen-bond donors (Lipinski definition) is 2. The zero-order chi connectivity index (χ0) is 15.6. The number of fused-ring (bicyclic) bond motifs is 1. The highest BCUT2D eigenvalue weighted by molar-refractivity contribution is 7.21. The fourth-order valence-corrected chi connectivity index (χ4v) is 3.44. The first kappa shape index (κ1) is 15.8. The Hall–Kier alpha value is -1.60. The first-order valence-electron chi connectivity index (χ1n) is 7.06. The number of amides is 1. The van der Waals surface area contributed by atoms with Crippen LogP contribution in [-0.2, 0) is 7.05 Å². The molecule has 3 N–H and O–H groups in total. The van der Waals surface area contributed by atoms with Gasteiger partial charge in [0, 0.05) is 13.6 Å². The molecule has 0 aliphatic carbocycles. The van der Waals surface area contributed by atoms with Crippen molar-refractivity contribution in [2.75, 3.05) is 32.9 Å². The Balaban J connectivity index is 2.00. The average Bonchev–Trinajstić information content (AvgIpc) is 2.88. The molecule has 0 fully saturated rings. The van der Waals surface area contributed by atoms with Crippen molar-refractivity contribution in [3.8, 4) is 0 Å². The number of nitrogen functional groups attached to an aromatic ring is 1. The molecule has 0 atom stereocenters. The van der Waals surface area contributed by atoms with E-state index in [1.807, 2.05) is 28.1 Å². The highest BCUT2D eigenvalue weighted by Gasteiger charge is 2.20. The Labute approximate surface area is 128 Å². The van der Waals surface area contributed by atoms with Gasteiger partial charge in [-0.15, -0.1) is 11.3 Å². The van der Waals surface area contributed by atoms with Crippen LogP contribution in [0.5, 0.6) is 0 Å². The summed E-state index contributed by atoms with van der Waals surface area (Å²) < 4.78 is 1.78. The molecule has 1 amide bonds. The highest BCUT2D eigenvalue weighted by Crippen LogP contribution is 2.35. The molecule has 21 heavy (non-hydrogen) atoms. The molecule has 2 aromatic heterocycles. The van der Waals surface area contributed by atoms with E-state index in [4.69, 9.17) is 5.73 Å². The Kier molecular flexibility index (Phi) is 4.84. The van der Waals surface area contributed by atoms with Gasteiger partial charge < -0.3 is 16.0 Å². The second-order valence-electron chi connectivity index (χ2n) is 5.50. The van der Waals surface area contributed by atoms with E-state index in [0.29, 0.717) is 17.1 Å². The largest absolute Gasteiger partial charge is 0.397 e. The number of unbranched alkanes of at least 4 members (excludes halogenated alkanes) is 1. The fourth-order valence-electron chi connectivity index (χ4n) is 2.33. The minimum atomic E-state index is -0.0852. The molecule has 116 valence electrons. The van der Waals surface area contributed by atoms with Crippen molar-refractivity contribution in [2.45, 2.75) is 19.8 Å². The van der Waals surface area contributed by atoms with Crippen molar-refractivity contribution >= 4 is 33.1 Å². The predicted molar refractivity (Wildman–Crippen MR) is 87.9 cm³/mol. The molecule has 7 heteroatoms. The van der Waals surface area contributed by atoms with Gasteiger partial charge in [0.2, 0.25) is 0 Å². The second-order valence-corrected chi connectivity index (χ2v) is 6.50.